The summed E-state index contributed by atoms with van der Waals surface area (Å²) in [5.41, 5.74) is 3.06. The number of nitrogens with one attached hydrogen (secondary N) is 2. The van der Waals surface area contributed by atoms with Crippen LogP contribution in [0.4, 0.5) is 11.6 Å². The van der Waals surface area contributed by atoms with Crippen LogP contribution >= 0.6 is 0 Å². The molecule has 1 saturated heterocycles. The van der Waals surface area contributed by atoms with Crippen LogP contribution in [0.1, 0.15) is 34.3 Å². The predicted molar refractivity (Wildman–Crippen MR) is 132 cm³/mol. The highest BCUT2D eigenvalue weighted by Gasteiger charge is 2.26. The number of carboxylic acids is 1. The standard InChI is InChI=1S/C26H29N3O5/c1-16-13-18(7-10-28-21-6-4-3-5-19(21)26(32)33)24-20(14-16)22(30)15-23(34-24)29-11-8-17(9-12-29)25(31)27-2/h3-6,13-15,17,28H,7-12H2,1-2H3,(H,27,31)(H,32,33). The van der Waals surface area contributed by atoms with Gasteiger partial charge in [0.2, 0.25) is 5.91 Å². The molecule has 8 heteroatoms. The Morgan fingerprint density at radius 2 is 1.88 bits per heavy atom. The van der Waals surface area contributed by atoms with Gasteiger partial charge in [-0.15, -0.1) is 0 Å². The second-order valence-corrected chi connectivity index (χ2v) is 8.65. The van der Waals surface area contributed by atoms with Crippen molar-refractivity contribution in [2.75, 3.05) is 36.9 Å². The maximum absolute atomic E-state index is 12.9. The first-order valence-corrected chi connectivity index (χ1v) is 11.5. The minimum absolute atomic E-state index is 0.0219. The molecule has 3 aromatic rings. The fourth-order valence-corrected chi connectivity index (χ4v) is 4.54. The number of para-hydroxylation sites is 1. The lowest BCUT2D eigenvalue weighted by Gasteiger charge is -2.31. The van der Waals surface area contributed by atoms with Crippen LogP contribution in [-0.2, 0) is 11.2 Å². The van der Waals surface area contributed by atoms with Crippen molar-refractivity contribution in [2.45, 2.75) is 26.2 Å². The van der Waals surface area contributed by atoms with Crippen molar-refractivity contribution in [2.24, 2.45) is 5.92 Å². The molecule has 2 heterocycles. The van der Waals surface area contributed by atoms with E-state index in [2.05, 4.69) is 10.6 Å². The van der Waals surface area contributed by atoms with Crippen molar-refractivity contribution < 1.29 is 19.1 Å². The normalized spacial score (nSPS) is 14.2. The first-order valence-electron chi connectivity index (χ1n) is 11.5. The highest BCUT2D eigenvalue weighted by molar-refractivity contribution is 5.94. The van der Waals surface area contributed by atoms with E-state index >= 15 is 0 Å². The van der Waals surface area contributed by atoms with Crippen LogP contribution in [0.5, 0.6) is 0 Å². The lowest BCUT2D eigenvalue weighted by atomic mass is 9.96. The van der Waals surface area contributed by atoms with Crippen molar-refractivity contribution in [1.82, 2.24) is 5.32 Å². The summed E-state index contributed by atoms with van der Waals surface area (Å²) in [6, 6.07) is 12.1. The van der Waals surface area contributed by atoms with Crippen molar-refractivity contribution in [3.63, 3.8) is 0 Å². The lowest BCUT2D eigenvalue weighted by Crippen LogP contribution is -2.39. The zero-order valence-electron chi connectivity index (χ0n) is 19.4. The summed E-state index contributed by atoms with van der Waals surface area (Å²) in [6.07, 6.45) is 1.96. The Morgan fingerprint density at radius 1 is 1.15 bits per heavy atom. The molecule has 1 fully saturated rings. The second-order valence-electron chi connectivity index (χ2n) is 8.65. The van der Waals surface area contributed by atoms with Crippen LogP contribution in [-0.4, -0.2) is 43.7 Å². The van der Waals surface area contributed by atoms with Gasteiger partial charge in [-0.3, -0.25) is 9.59 Å². The van der Waals surface area contributed by atoms with Gasteiger partial charge in [0.25, 0.3) is 0 Å². The summed E-state index contributed by atoms with van der Waals surface area (Å²) in [7, 11) is 1.65. The Hall–Kier alpha value is -3.81. The number of carboxylic acid groups (broad SMARTS) is 1. The van der Waals surface area contributed by atoms with Crippen LogP contribution < -0.4 is 21.0 Å². The van der Waals surface area contributed by atoms with E-state index in [-0.39, 0.29) is 22.8 Å². The molecule has 4 rings (SSSR count). The number of piperidine rings is 1. The van der Waals surface area contributed by atoms with E-state index in [1.165, 1.54) is 6.07 Å². The Kier molecular flexibility index (Phi) is 6.86. The molecular weight excluding hydrogens is 434 g/mol. The third-order valence-electron chi connectivity index (χ3n) is 6.33. The summed E-state index contributed by atoms with van der Waals surface area (Å²) in [4.78, 5) is 38.4. The third-order valence-corrected chi connectivity index (χ3v) is 6.33. The van der Waals surface area contributed by atoms with Crippen molar-refractivity contribution in [3.8, 4) is 0 Å². The summed E-state index contributed by atoms with van der Waals surface area (Å²) >= 11 is 0. The number of aromatic carboxylic acids is 1. The molecule has 178 valence electrons. The van der Waals surface area contributed by atoms with E-state index in [9.17, 15) is 19.5 Å². The van der Waals surface area contributed by atoms with E-state index in [1.807, 2.05) is 24.0 Å². The predicted octanol–water partition coefficient (Wildman–Crippen LogP) is 3.42. The molecule has 0 radical (unpaired) electrons. The van der Waals surface area contributed by atoms with Crippen molar-refractivity contribution in [1.29, 1.82) is 0 Å². The summed E-state index contributed by atoms with van der Waals surface area (Å²) < 4.78 is 6.26. The SMILES string of the molecule is CNC(=O)C1CCN(c2cc(=O)c3cc(C)cc(CCNc4ccccc4C(=O)O)c3o2)CC1. The van der Waals surface area contributed by atoms with E-state index in [0.717, 1.165) is 11.1 Å². The number of hydrogen-bond donors (Lipinski definition) is 3. The number of carbonyl (C=O) groups excluding carboxylic acids is 1. The largest absolute Gasteiger partial charge is 0.478 e. The van der Waals surface area contributed by atoms with Gasteiger partial charge in [0.15, 0.2) is 11.3 Å². The minimum Gasteiger partial charge on any atom is -0.478 e. The molecule has 1 aromatic heterocycles. The maximum Gasteiger partial charge on any atom is 0.337 e. The molecule has 1 aliphatic rings. The van der Waals surface area contributed by atoms with Gasteiger partial charge in [0, 0.05) is 44.4 Å². The molecule has 8 nitrogen and oxygen atoms in total. The zero-order valence-corrected chi connectivity index (χ0v) is 19.4. The Bertz CT molecular complexity index is 1280. The van der Waals surface area contributed by atoms with E-state index < -0.39 is 5.97 Å². The second kappa shape index (κ2) is 9.99. The number of benzene rings is 2. The van der Waals surface area contributed by atoms with Gasteiger partial charge in [-0.1, -0.05) is 18.2 Å². The Labute approximate surface area is 197 Å². The molecule has 0 unspecified atom stereocenters. The Morgan fingerprint density at radius 3 is 2.59 bits per heavy atom. The molecule has 0 atom stereocenters. The highest BCUT2D eigenvalue weighted by Crippen LogP contribution is 2.28. The zero-order chi connectivity index (χ0) is 24.2. The van der Waals surface area contributed by atoms with Gasteiger partial charge in [-0.2, -0.15) is 0 Å². The number of carbonyl (C=O) groups is 2. The van der Waals surface area contributed by atoms with Crippen LogP contribution in [0.15, 0.2) is 51.7 Å². The molecular formula is C26H29N3O5. The summed E-state index contributed by atoms with van der Waals surface area (Å²) in [6.45, 7) is 3.70. The van der Waals surface area contributed by atoms with Crippen LogP contribution in [0.2, 0.25) is 0 Å². The number of nitrogens with zero attached hydrogens (tertiary/aromatic N) is 1. The molecule has 0 spiro atoms. The average Bonchev–Trinajstić information content (AvgIpc) is 2.84. The summed E-state index contributed by atoms with van der Waals surface area (Å²) in [5, 5.41) is 15.8. The van der Waals surface area contributed by atoms with Crippen LogP contribution in [0, 0.1) is 12.8 Å². The average molecular weight is 464 g/mol. The van der Waals surface area contributed by atoms with Gasteiger partial charge in [0.1, 0.15) is 5.58 Å². The number of anilines is 2. The molecule has 0 bridgehead atoms. The van der Waals surface area contributed by atoms with Crippen LogP contribution in [0.3, 0.4) is 0 Å². The number of aryl methyl sites for hydroxylation is 1. The molecule has 1 amide bonds. The number of amides is 1. The highest BCUT2D eigenvalue weighted by atomic mass is 16.4. The number of fused-ring (bicyclic) bond motifs is 1. The quantitative estimate of drug-likeness (QED) is 0.492. The van der Waals surface area contributed by atoms with E-state index in [1.54, 1.807) is 31.3 Å². The molecule has 34 heavy (non-hydrogen) atoms. The molecule has 1 aliphatic heterocycles. The maximum atomic E-state index is 12.9. The minimum atomic E-state index is -0.986. The van der Waals surface area contributed by atoms with Crippen LogP contribution in [0.25, 0.3) is 11.0 Å². The number of hydrogen-bond acceptors (Lipinski definition) is 6. The third kappa shape index (κ3) is 4.90. The monoisotopic (exact) mass is 463 g/mol. The Balaban J connectivity index is 1.57. The molecule has 0 aliphatic carbocycles. The van der Waals surface area contributed by atoms with Crippen molar-refractivity contribution >= 4 is 34.4 Å². The van der Waals surface area contributed by atoms with Crippen molar-refractivity contribution in [3.05, 3.63) is 69.4 Å². The van der Waals surface area contributed by atoms with Gasteiger partial charge >= 0.3 is 5.97 Å². The van der Waals surface area contributed by atoms with Gasteiger partial charge < -0.3 is 25.1 Å². The first-order chi connectivity index (χ1) is 16.4. The molecule has 2 aromatic carbocycles. The lowest BCUT2D eigenvalue weighted by molar-refractivity contribution is -0.125. The van der Waals surface area contributed by atoms with Gasteiger partial charge in [-0.25, -0.2) is 4.79 Å². The topological polar surface area (TPSA) is 112 Å². The fourth-order valence-electron chi connectivity index (χ4n) is 4.54. The van der Waals surface area contributed by atoms with E-state index in [0.29, 0.717) is 61.4 Å². The fraction of sp³-hybridized carbons (Fsp3) is 0.346. The smallest absolute Gasteiger partial charge is 0.337 e. The molecule has 3 N–H and O–H groups in total. The molecule has 0 saturated carbocycles. The summed E-state index contributed by atoms with van der Waals surface area (Å²) in [5.74, 6) is -0.442. The van der Waals surface area contributed by atoms with E-state index in [4.69, 9.17) is 4.42 Å². The van der Waals surface area contributed by atoms with Gasteiger partial charge in [-0.05, 0) is 55.5 Å². The first kappa shape index (κ1) is 23.4. The number of rotatable bonds is 7. The van der Waals surface area contributed by atoms with Gasteiger partial charge in [0.05, 0.1) is 10.9 Å².